The van der Waals surface area contributed by atoms with Gasteiger partial charge in [0.05, 0.1) is 17.6 Å². The van der Waals surface area contributed by atoms with Gasteiger partial charge < -0.3 is 4.98 Å². The summed E-state index contributed by atoms with van der Waals surface area (Å²) in [6.07, 6.45) is -3.16. The molecule has 0 aliphatic carbocycles. The van der Waals surface area contributed by atoms with Crippen LogP contribution in [0.25, 0.3) is 5.69 Å². The van der Waals surface area contributed by atoms with Crippen molar-refractivity contribution >= 4 is 11.8 Å². The maximum absolute atomic E-state index is 12.7. The first-order valence-electron chi connectivity index (χ1n) is 6.70. The highest BCUT2D eigenvalue weighted by Crippen LogP contribution is 2.28. The Labute approximate surface area is 137 Å². The van der Waals surface area contributed by atoms with Gasteiger partial charge in [-0.2, -0.15) is 28.2 Å². The van der Waals surface area contributed by atoms with Crippen LogP contribution in [0.3, 0.4) is 0 Å². The molecular formula is C14H10F3N5OS. The Hall–Kier alpha value is -2.62. The number of rotatable bonds is 4. The zero-order valence-electron chi connectivity index (χ0n) is 12.0. The largest absolute Gasteiger partial charge is 0.433 e. The first-order chi connectivity index (χ1) is 11.4. The van der Waals surface area contributed by atoms with Crippen LogP contribution in [0.4, 0.5) is 13.2 Å². The van der Waals surface area contributed by atoms with Crippen molar-refractivity contribution in [2.45, 2.75) is 17.1 Å². The molecule has 6 nitrogen and oxygen atoms in total. The number of hydrogen-bond donors (Lipinski definition) is 1. The van der Waals surface area contributed by atoms with Gasteiger partial charge in [0.1, 0.15) is 0 Å². The Morgan fingerprint density at radius 2 is 1.96 bits per heavy atom. The van der Waals surface area contributed by atoms with Gasteiger partial charge in [0.2, 0.25) is 0 Å². The molecule has 0 aliphatic rings. The number of benzene rings is 1. The number of halogens is 3. The van der Waals surface area contributed by atoms with Crippen LogP contribution in [0.2, 0.25) is 0 Å². The minimum atomic E-state index is -4.67. The lowest BCUT2D eigenvalue weighted by atomic mass is 10.3. The summed E-state index contributed by atoms with van der Waals surface area (Å²) < 4.78 is 38.0. The van der Waals surface area contributed by atoms with E-state index in [-0.39, 0.29) is 10.9 Å². The number of thioether (sulfide) groups is 1. The highest BCUT2D eigenvalue weighted by molar-refractivity contribution is 7.98. The summed E-state index contributed by atoms with van der Waals surface area (Å²) in [4.78, 5) is 18.4. The number of H-pyrrole nitrogens is 1. The van der Waals surface area contributed by atoms with Crippen molar-refractivity contribution in [3.63, 3.8) is 0 Å². The maximum Gasteiger partial charge on any atom is 0.433 e. The molecule has 2 heterocycles. The van der Waals surface area contributed by atoms with Gasteiger partial charge in [0, 0.05) is 11.8 Å². The fourth-order valence-electron chi connectivity index (χ4n) is 1.84. The lowest BCUT2D eigenvalue weighted by molar-refractivity contribution is -0.141. The molecule has 0 saturated heterocycles. The maximum atomic E-state index is 12.7. The molecule has 3 aromatic rings. The molecule has 0 saturated carbocycles. The molecule has 0 spiro atoms. The highest BCUT2D eigenvalue weighted by atomic mass is 32.2. The van der Waals surface area contributed by atoms with E-state index in [1.807, 2.05) is 30.3 Å². The zero-order valence-corrected chi connectivity index (χ0v) is 12.8. The van der Waals surface area contributed by atoms with Gasteiger partial charge in [-0.1, -0.05) is 30.0 Å². The lowest BCUT2D eigenvalue weighted by Gasteiger charge is -2.06. The fourth-order valence-corrected chi connectivity index (χ4v) is 2.59. The van der Waals surface area contributed by atoms with Gasteiger partial charge in [-0.3, -0.25) is 4.79 Å². The third-order valence-corrected chi connectivity index (χ3v) is 3.80. The van der Waals surface area contributed by atoms with Gasteiger partial charge in [0.25, 0.3) is 5.56 Å². The van der Waals surface area contributed by atoms with Crippen molar-refractivity contribution in [1.82, 2.24) is 25.0 Å². The third-order valence-electron chi connectivity index (χ3n) is 2.89. The van der Waals surface area contributed by atoms with Crippen molar-refractivity contribution in [2.24, 2.45) is 0 Å². The minimum Gasteiger partial charge on any atom is -0.301 e. The van der Waals surface area contributed by atoms with Crippen LogP contribution < -0.4 is 5.56 Å². The molecular weight excluding hydrogens is 343 g/mol. The van der Waals surface area contributed by atoms with Crippen molar-refractivity contribution < 1.29 is 13.2 Å². The molecule has 0 bridgehead atoms. The minimum absolute atomic E-state index is 0.121. The molecule has 0 radical (unpaired) electrons. The van der Waals surface area contributed by atoms with E-state index in [9.17, 15) is 18.0 Å². The molecule has 10 heteroatoms. The quantitative estimate of drug-likeness (QED) is 0.576. The summed E-state index contributed by atoms with van der Waals surface area (Å²) in [5.74, 6) is 0.219. The van der Waals surface area contributed by atoms with Crippen molar-refractivity contribution in [1.29, 1.82) is 0 Å². The Kier molecular flexibility index (Phi) is 4.38. The normalized spacial score (nSPS) is 11.6. The SMILES string of the molecule is O=c1cc(C(F)(F)F)nc(SCc2cnn(-c3ccccc3)n2)[nH]1. The predicted octanol–water partition coefficient (Wildman–Crippen LogP) is 2.66. The lowest BCUT2D eigenvalue weighted by Crippen LogP contribution is -2.16. The Bertz CT molecular complexity index is 891. The summed E-state index contributed by atoms with van der Waals surface area (Å²) in [6, 6.07) is 9.61. The number of nitrogens with zero attached hydrogens (tertiary/aromatic N) is 4. The zero-order chi connectivity index (χ0) is 17.2. The molecule has 2 aromatic heterocycles. The van der Waals surface area contributed by atoms with Crippen LogP contribution in [-0.2, 0) is 11.9 Å². The Balaban J connectivity index is 1.74. The standard InChI is InChI=1S/C14H10F3N5OS/c15-14(16,17)11-6-12(23)20-13(19-11)24-8-9-7-18-22(21-9)10-4-2-1-3-5-10/h1-7H,8H2,(H,19,20,23). The Morgan fingerprint density at radius 3 is 2.67 bits per heavy atom. The van der Waals surface area contributed by atoms with E-state index in [0.29, 0.717) is 11.8 Å². The average molecular weight is 353 g/mol. The number of hydrogen-bond acceptors (Lipinski definition) is 5. The Morgan fingerprint density at radius 1 is 1.21 bits per heavy atom. The number of nitrogens with one attached hydrogen (secondary N) is 1. The van der Waals surface area contributed by atoms with Crippen LogP contribution in [0.5, 0.6) is 0 Å². The van der Waals surface area contributed by atoms with Gasteiger partial charge in [-0.05, 0) is 12.1 Å². The fraction of sp³-hybridized carbons (Fsp3) is 0.143. The average Bonchev–Trinajstić information content (AvgIpc) is 3.01. The van der Waals surface area contributed by atoms with Crippen LogP contribution in [0, 0.1) is 0 Å². The molecule has 3 rings (SSSR count). The smallest absolute Gasteiger partial charge is 0.301 e. The topological polar surface area (TPSA) is 76.5 Å². The monoisotopic (exact) mass is 353 g/mol. The summed E-state index contributed by atoms with van der Waals surface area (Å²) in [5.41, 5.74) is -0.766. The van der Waals surface area contributed by atoms with E-state index in [1.54, 1.807) is 0 Å². The first kappa shape index (κ1) is 16.2. The van der Waals surface area contributed by atoms with Gasteiger partial charge in [0.15, 0.2) is 10.9 Å². The van der Waals surface area contributed by atoms with E-state index in [2.05, 4.69) is 20.2 Å². The summed E-state index contributed by atoms with van der Waals surface area (Å²) in [6.45, 7) is 0. The van der Waals surface area contributed by atoms with Crippen LogP contribution in [-0.4, -0.2) is 25.0 Å². The van der Waals surface area contributed by atoms with E-state index in [1.165, 1.54) is 11.0 Å². The molecule has 1 N–H and O–H groups in total. The summed E-state index contributed by atoms with van der Waals surface area (Å²) in [7, 11) is 0. The molecule has 0 atom stereocenters. The number of para-hydroxylation sites is 1. The molecule has 0 aliphatic heterocycles. The second-order valence-electron chi connectivity index (χ2n) is 4.68. The van der Waals surface area contributed by atoms with E-state index in [4.69, 9.17) is 0 Å². The summed E-state index contributed by atoms with van der Waals surface area (Å²) >= 11 is 0.944. The first-order valence-corrected chi connectivity index (χ1v) is 7.68. The van der Waals surface area contributed by atoms with E-state index < -0.39 is 17.4 Å². The second-order valence-corrected chi connectivity index (χ2v) is 5.65. The number of alkyl halides is 3. The number of aromatic nitrogens is 5. The van der Waals surface area contributed by atoms with Crippen LogP contribution in [0.1, 0.15) is 11.4 Å². The van der Waals surface area contributed by atoms with Crippen LogP contribution >= 0.6 is 11.8 Å². The highest BCUT2D eigenvalue weighted by Gasteiger charge is 2.33. The van der Waals surface area contributed by atoms with Gasteiger partial charge >= 0.3 is 6.18 Å². The number of aromatic amines is 1. The van der Waals surface area contributed by atoms with Gasteiger partial charge in [-0.25, -0.2) is 4.98 Å². The van der Waals surface area contributed by atoms with Crippen molar-refractivity contribution in [2.75, 3.05) is 0 Å². The van der Waals surface area contributed by atoms with Crippen molar-refractivity contribution in [3.05, 3.63) is 64.3 Å². The molecule has 0 fully saturated rings. The van der Waals surface area contributed by atoms with E-state index >= 15 is 0 Å². The molecule has 0 unspecified atom stereocenters. The molecule has 1 aromatic carbocycles. The molecule has 24 heavy (non-hydrogen) atoms. The van der Waals surface area contributed by atoms with E-state index in [0.717, 1.165) is 17.4 Å². The van der Waals surface area contributed by atoms with Gasteiger partial charge in [-0.15, -0.1) is 0 Å². The molecule has 0 amide bonds. The second kappa shape index (κ2) is 6.48. The van der Waals surface area contributed by atoms with Crippen molar-refractivity contribution in [3.8, 4) is 5.69 Å². The van der Waals surface area contributed by atoms with Crippen LogP contribution in [0.15, 0.2) is 52.5 Å². The molecule has 124 valence electrons. The predicted molar refractivity (Wildman–Crippen MR) is 80.8 cm³/mol. The third kappa shape index (κ3) is 3.82. The summed E-state index contributed by atoms with van der Waals surface area (Å²) in [5, 5.41) is 8.20.